The van der Waals surface area contributed by atoms with Gasteiger partial charge in [0, 0.05) is 32.2 Å². The van der Waals surface area contributed by atoms with Crippen molar-refractivity contribution in [2.75, 3.05) is 19.7 Å². The minimum absolute atomic E-state index is 0.0803. The number of nitrogens with one attached hydrogen (secondary N) is 2. The predicted octanol–water partition coefficient (Wildman–Crippen LogP) is 4.99. The van der Waals surface area contributed by atoms with Gasteiger partial charge in [-0.25, -0.2) is 4.79 Å². The lowest BCUT2D eigenvalue weighted by molar-refractivity contribution is -0.152. The predicted molar refractivity (Wildman–Crippen MR) is 137 cm³/mol. The Morgan fingerprint density at radius 3 is 1.79 bits per heavy atom. The van der Waals surface area contributed by atoms with Crippen molar-refractivity contribution in [2.45, 2.75) is 60.7 Å². The highest BCUT2D eigenvalue weighted by Gasteiger charge is 2.32. The van der Waals surface area contributed by atoms with Crippen LogP contribution in [0.3, 0.4) is 0 Å². The van der Waals surface area contributed by atoms with Crippen LogP contribution in [0.25, 0.3) is 0 Å². The van der Waals surface area contributed by atoms with Crippen molar-refractivity contribution in [2.24, 2.45) is 10.8 Å². The Hall–Kier alpha value is -2.86. The lowest BCUT2D eigenvalue weighted by atomic mass is 9.85. The minimum atomic E-state index is -0.788. The van der Waals surface area contributed by atoms with Gasteiger partial charge in [-0.3, -0.25) is 9.69 Å². The number of carbonyl (C=O) groups excluding carboxylic acids is 2. The number of carbonyl (C=O) groups is 2. The van der Waals surface area contributed by atoms with Crippen LogP contribution in [-0.4, -0.2) is 42.6 Å². The number of nitrogens with zero attached hydrogens (tertiary/aromatic N) is 1. The maximum atomic E-state index is 12.6. The second-order valence-electron chi connectivity index (χ2n) is 10.4. The van der Waals surface area contributed by atoms with Crippen molar-refractivity contribution < 1.29 is 14.3 Å². The SMILES string of the molecule is CCOC(=O)C(C)(C)CNC(=O)NC[C@@H](N(Cc1ccccc1)Cc1ccccc1)C(C)(C)C. The summed E-state index contributed by atoms with van der Waals surface area (Å²) in [5.74, 6) is -0.320. The summed E-state index contributed by atoms with van der Waals surface area (Å²) in [6.07, 6.45) is 0. The molecule has 6 heteroatoms. The van der Waals surface area contributed by atoms with Crippen LogP contribution in [0.5, 0.6) is 0 Å². The molecule has 186 valence electrons. The molecule has 2 aromatic carbocycles. The van der Waals surface area contributed by atoms with Gasteiger partial charge >= 0.3 is 12.0 Å². The van der Waals surface area contributed by atoms with Crippen LogP contribution in [0.2, 0.25) is 0 Å². The van der Waals surface area contributed by atoms with Gasteiger partial charge in [0.05, 0.1) is 12.0 Å². The van der Waals surface area contributed by atoms with Gasteiger partial charge in [-0.05, 0) is 37.3 Å². The fourth-order valence-corrected chi connectivity index (χ4v) is 3.85. The van der Waals surface area contributed by atoms with Gasteiger partial charge in [0.25, 0.3) is 0 Å². The molecular formula is C28H41N3O3. The maximum Gasteiger partial charge on any atom is 0.314 e. The molecule has 2 N–H and O–H groups in total. The lowest BCUT2D eigenvalue weighted by Gasteiger charge is -2.40. The summed E-state index contributed by atoms with van der Waals surface area (Å²) in [5.41, 5.74) is 1.59. The molecular weight excluding hydrogens is 426 g/mol. The zero-order valence-electron chi connectivity index (χ0n) is 21.6. The molecule has 34 heavy (non-hydrogen) atoms. The molecule has 0 radical (unpaired) electrons. The molecule has 0 aliphatic rings. The third-order valence-corrected chi connectivity index (χ3v) is 5.87. The molecule has 1 atom stereocenters. The summed E-state index contributed by atoms with van der Waals surface area (Å²) in [7, 11) is 0. The summed E-state index contributed by atoms with van der Waals surface area (Å²) in [6.45, 7) is 14.5. The molecule has 2 rings (SSSR count). The van der Waals surface area contributed by atoms with Gasteiger partial charge in [0.1, 0.15) is 0 Å². The van der Waals surface area contributed by atoms with Crippen molar-refractivity contribution >= 4 is 12.0 Å². The fraction of sp³-hybridized carbons (Fsp3) is 0.500. The summed E-state index contributed by atoms with van der Waals surface area (Å²) < 4.78 is 5.11. The van der Waals surface area contributed by atoms with Crippen molar-refractivity contribution in [3.05, 3.63) is 71.8 Å². The van der Waals surface area contributed by atoms with E-state index >= 15 is 0 Å². The number of hydrogen-bond donors (Lipinski definition) is 2. The number of hydrogen-bond acceptors (Lipinski definition) is 4. The van der Waals surface area contributed by atoms with Gasteiger partial charge in [-0.1, -0.05) is 81.4 Å². The first kappa shape index (κ1) is 27.4. The van der Waals surface area contributed by atoms with Gasteiger partial charge in [0.15, 0.2) is 0 Å². The van der Waals surface area contributed by atoms with Crippen molar-refractivity contribution in [3.8, 4) is 0 Å². The van der Waals surface area contributed by atoms with Crippen LogP contribution in [-0.2, 0) is 22.6 Å². The third-order valence-electron chi connectivity index (χ3n) is 5.87. The minimum Gasteiger partial charge on any atom is -0.466 e. The number of ether oxygens (including phenoxy) is 1. The number of amides is 2. The number of benzene rings is 2. The van der Waals surface area contributed by atoms with Crippen LogP contribution in [0.4, 0.5) is 4.79 Å². The summed E-state index contributed by atoms with van der Waals surface area (Å²) in [6, 6.07) is 20.6. The molecule has 0 fully saturated rings. The van der Waals surface area contributed by atoms with Crippen LogP contribution in [0.15, 0.2) is 60.7 Å². The lowest BCUT2D eigenvalue weighted by Crippen LogP contribution is -2.52. The highest BCUT2D eigenvalue weighted by molar-refractivity contribution is 5.78. The highest BCUT2D eigenvalue weighted by Crippen LogP contribution is 2.27. The Morgan fingerprint density at radius 1 is 0.853 bits per heavy atom. The van der Waals surface area contributed by atoms with E-state index in [1.165, 1.54) is 11.1 Å². The number of urea groups is 1. The van der Waals surface area contributed by atoms with E-state index in [1.807, 2.05) is 12.1 Å². The molecule has 0 saturated carbocycles. The molecule has 2 aromatic rings. The van der Waals surface area contributed by atoms with E-state index in [4.69, 9.17) is 4.74 Å². The van der Waals surface area contributed by atoms with Crippen molar-refractivity contribution in [1.29, 1.82) is 0 Å². The summed E-state index contributed by atoms with van der Waals surface area (Å²) >= 11 is 0. The topological polar surface area (TPSA) is 70.7 Å². The summed E-state index contributed by atoms with van der Waals surface area (Å²) in [4.78, 5) is 27.2. The first-order valence-electron chi connectivity index (χ1n) is 12.0. The van der Waals surface area contributed by atoms with E-state index in [2.05, 4.69) is 84.8 Å². The van der Waals surface area contributed by atoms with Gasteiger partial charge in [0.2, 0.25) is 0 Å². The molecule has 0 aromatic heterocycles. The van der Waals surface area contributed by atoms with Crippen LogP contribution in [0, 0.1) is 10.8 Å². The fourth-order valence-electron chi connectivity index (χ4n) is 3.85. The normalized spacial score (nSPS) is 12.8. The number of esters is 1. The highest BCUT2D eigenvalue weighted by atomic mass is 16.5. The molecule has 0 unspecified atom stereocenters. The molecule has 0 aliphatic heterocycles. The zero-order valence-corrected chi connectivity index (χ0v) is 21.6. The molecule has 0 bridgehead atoms. The largest absolute Gasteiger partial charge is 0.466 e. The van der Waals surface area contributed by atoms with E-state index in [1.54, 1.807) is 20.8 Å². The average molecular weight is 468 g/mol. The van der Waals surface area contributed by atoms with Gasteiger partial charge in [-0.15, -0.1) is 0 Å². The Labute approximate surface area is 205 Å². The van der Waals surface area contributed by atoms with Gasteiger partial charge in [-0.2, -0.15) is 0 Å². The number of rotatable bonds is 11. The smallest absolute Gasteiger partial charge is 0.314 e. The Balaban J connectivity index is 2.11. The molecule has 0 saturated heterocycles. The second-order valence-corrected chi connectivity index (χ2v) is 10.4. The first-order valence-corrected chi connectivity index (χ1v) is 12.0. The maximum absolute atomic E-state index is 12.6. The van der Waals surface area contributed by atoms with E-state index < -0.39 is 5.41 Å². The summed E-state index contributed by atoms with van der Waals surface area (Å²) in [5, 5.41) is 5.88. The standard InChI is InChI=1S/C28H41N3O3/c1-7-34-25(32)28(5,6)21-30-26(33)29-18-24(27(2,3)4)31(19-22-14-10-8-11-15-22)20-23-16-12-9-13-17-23/h8-17,24H,7,18-21H2,1-6H3,(H2,29,30,33)/t24-/m1/s1. The van der Waals surface area contributed by atoms with Crippen LogP contribution in [0.1, 0.15) is 52.7 Å². The van der Waals surface area contributed by atoms with E-state index in [0.29, 0.717) is 13.2 Å². The molecule has 0 heterocycles. The van der Waals surface area contributed by atoms with E-state index in [-0.39, 0.29) is 30.0 Å². The van der Waals surface area contributed by atoms with E-state index in [9.17, 15) is 9.59 Å². The van der Waals surface area contributed by atoms with Crippen molar-refractivity contribution in [3.63, 3.8) is 0 Å². The van der Waals surface area contributed by atoms with Crippen molar-refractivity contribution in [1.82, 2.24) is 15.5 Å². The molecule has 0 aliphatic carbocycles. The zero-order chi connectivity index (χ0) is 25.2. The van der Waals surface area contributed by atoms with Gasteiger partial charge < -0.3 is 15.4 Å². The second kappa shape index (κ2) is 12.6. The Morgan fingerprint density at radius 2 is 1.35 bits per heavy atom. The quantitative estimate of drug-likeness (QED) is 0.457. The monoisotopic (exact) mass is 467 g/mol. The van der Waals surface area contributed by atoms with E-state index in [0.717, 1.165) is 13.1 Å². The Bertz CT molecular complexity index is 851. The average Bonchev–Trinajstić information content (AvgIpc) is 2.78. The van der Waals surface area contributed by atoms with Crippen LogP contribution < -0.4 is 10.6 Å². The Kier molecular flexibility index (Phi) is 10.1. The third kappa shape index (κ3) is 8.82. The molecule has 2 amide bonds. The van der Waals surface area contributed by atoms with Crippen LogP contribution >= 0.6 is 0 Å². The molecule has 6 nitrogen and oxygen atoms in total. The first-order chi connectivity index (χ1) is 16.0. The molecule has 0 spiro atoms.